The minimum atomic E-state index is -5.08. The summed E-state index contributed by atoms with van der Waals surface area (Å²) in [5.41, 5.74) is 0. The van der Waals surface area contributed by atoms with Crippen LogP contribution in [0.2, 0.25) is 0 Å². The van der Waals surface area contributed by atoms with Crippen molar-refractivity contribution < 1.29 is 37.0 Å². The van der Waals surface area contributed by atoms with E-state index in [1.54, 1.807) is 24.6 Å². The van der Waals surface area contributed by atoms with Gasteiger partial charge in [0.05, 0.1) is 31.3 Å². The lowest BCUT2D eigenvalue weighted by atomic mass is 10.0. The van der Waals surface area contributed by atoms with Crippen LogP contribution >= 0.6 is 0 Å². The van der Waals surface area contributed by atoms with Crippen molar-refractivity contribution in [1.82, 2.24) is 14.5 Å². The standard InChI is InChI=1S/C16H19N3O3.C2HF3O2/c20-16(14-2-1-8-21-14)19-7-9-22-15-12(3-4-13(15)19)10-18-6-5-17-11-18;3-2(4,5)1(6)7/h1-2,5-6,8,11-13,15H,3-4,7,9-10H2;(H,6,7). The second-order valence-electron chi connectivity index (χ2n) is 6.78. The number of ether oxygens (including phenoxy) is 1. The van der Waals surface area contributed by atoms with Crippen molar-refractivity contribution in [3.63, 3.8) is 0 Å². The Morgan fingerprint density at radius 3 is 2.66 bits per heavy atom. The molecule has 1 saturated carbocycles. The van der Waals surface area contributed by atoms with E-state index in [1.165, 1.54) is 0 Å². The zero-order valence-electron chi connectivity index (χ0n) is 15.3. The number of imidazole rings is 1. The van der Waals surface area contributed by atoms with Gasteiger partial charge in [-0.3, -0.25) is 4.79 Å². The number of alkyl halides is 3. The second kappa shape index (κ2) is 8.68. The second-order valence-corrected chi connectivity index (χ2v) is 6.78. The Balaban J connectivity index is 0.000000298. The molecule has 29 heavy (non-hydrogen) atoms. The molecular formula is C18H20F3N3O5. The van der Waals surface area contributed by atoms with E-state index in [1.807, 2.05) is 17.4 Å². The van der Waals surface area contributed by atoms with E-state index in [2.05, 4.69) is 9.55 Å². The molecule has 3 unspecified atom stereocenters. The van der Waals surface area contributed by atoms with Crippen LogP contribution < -0.4 is 0 Å². The van der Waals surface area contributed by atoms with Crippen LogP contribution in [0.4, 0.5) is 13.2 Å². The third-order valence-electron chi connectivity index (χ3n) is 4.96. The Labute approximate surface area is 163 Å². The molecule has 0 radical (unpaired) electrons. The summed E-state index contributed by atoms with van der Waals surface area (Å²) in [6, 6.07) is 3.63. The number of aliphatic carboxylic acids is 1. The lowest BCUT2D eigenvalue weighted by Gasteiger charge is -2.39. The number of amides is 1. The molecule has 8 nitrogen and oxygen atoms in total. The number of hydrogen-bond acceptors (Lipinski definition) is 5. The van der Waals surface area contributed by atoms with E-state index in [4.69, 9.17) is 19.1 Å². The number of carboxylic acids is 1. The number of rotatable bonds is 3. The normalized spacial score (nSPS) is 23.8. The number of aromatic nitrogens is 2. The predicted molar refractivity (Wildman–Crippen MR) is 91.9 cm³/mol. The average Bonchev–Trinajstić information content (AvgIpc) is 3.43. The maximum absolute atomic E-state index is 12.6. The van der Waals surface area contributed by atoms with Gasteiger partial charge in [-0.25, -0.2) is 9.78 Å². The molecule has 1 aliphatic heterocycles. The van der Waals surface area contributed by atoms with Crippen LogP contribution in [0.3, 0.4) is 0 Å². The summed E-state index contributed by atoms with van der Waals surface area (Å²) in [6.45, 7) is 2.12. The van der Waals surface area contributed by atoms with Crippen molar-refractivity contribution in [2.45, 2.75) is 37.7 Å². The monoisotopic (exact) mass is 415 g/mol. The Hall–Kier alpha value is -2.82. The first-order valence-electron chi connectivity index (χ1n) is 8.99. The van der Waals surface area contributed by atoms with Gasteiger partial charge in [0.2, 0.25) is 0 Å². The fourth-order valence-corrected chi connectivity index (χ4v) is 3.72. The van der Waals surface area contributed by atoms with Crippen molar-refractivity contribution in [3.05, 3.63) is 42.9 Å². The SMILES string of the molecule is O=C(O)C(F)(F)F.O=C(c1ccco1)N1CCOC2C(Cn3ccnc3)CCC21. The molecule has 4 rings (SSSR count). The van der Waals surface area contributed by atoms with E-state index in [-0.39, 0.29) is 18.1 Å². The van der Waals surface area contributed by atoms with Crippen molar-refractivity contribution in [1.29, 1.82) is 0 Å². The van der Waals surface area contributed by atoms with Crippen LogP contribution in [0.15, 0.2) is 41.5 Å². The molecule has 1 N–H and O–H groups in total. The molecule has 3 heterocycles. The van der Waals surface area contributed by atoms with Gasteiger partial charge < -0.3 is 23.7 Å². The summed E-state index contributed by atoms with van der Waals surface area (Å²) in [6.07, 6.45) is 4.22. The molecule has 3 atom stereocenters. The molecule has 158 valence electrons. The smallest absolute Gasteiger partial charge is 0.475 e. The maximum Gasteiger partial charge on any atom is 0.490 e. The van der Waals surface area contributed by atoms with E-state index in [0.717, 1.165) is 19.4 Å². The molecular weight excluding hydrogens is 395 g/mol. The van der Waals surface area contributed by atoms with E-state index in [0.29, 0.717) is 24.8 Å². The fourth-order valence-electron chi connectivity index (χ4n) is 3.72. The largest absolute Gasteiger partial charge is 0.490 e. The quantitative estimate of drug-likeness (QED) is 0.827. The molecule has 0 spiro atoms. The fraction of sp³-hybridized carbons (Fsp3) is 0.500. The van der Waals surface area contributed by atoms with Crippen LogP contribution in [-0.4, -0.2) is 62.9 Å². The number of halogens is 3. The lowest BCUT2D eigenvalue weighted by molar-refractivity contribution is -0.192. The van der Waals surface area contributed by atoms with Gasteiger partial charge in [0.25, 0.3) is 5.91 Å². The van der Waals surface area contributed by atoms with Gasteiger partial charge in [-0.1, -0.05) is 0 Å². The summed E-state index contributed by atoms with van der Waals surface area (Å²) >= 11 is 0. The van der Waals surface area contributed by atoms with E-state index in [9.17, 15) is 18.0 Å². The molecule has 0 aromatic carbocycles. The third kappa shape index (κ3) is 4.97. The minimum Gasteiger partial charge on any atom is -0.475 e. The van der Waals surface area contributed by atoms with Gasteiger partial charge in [-0.15, -0.1) is 0 Å². The van der Waals surface area contributed by atoms with Crippen molar-refractivity contribution in [3.8, 4) is 0 Å². The first-order chi connectivity index (χ1) is 13.8. The topological polar surface area (TPSA) is 97.8 Å². The lowest BCUT2D eigenvalue weighted by Crippen LogP contribution is -2.52. The average molecular weight is 415 g/mol. The number of fused-ring (bicyclic) bond motifs is 1. The summed E-state index contributed by atoms with van der Waals surface area (Å²) in [4.78, 5) is 27.5. The zero-order valence-corrected chi connectivity index (χ0v) is 15.3. The predicted octanol–water partition coefficient (Wildman–Crippen LogP) is 2.43. The van der Waals surface area contributed by atoms with Gasteiger partial charge in [0, 0.05) is 31.4 Å². The molecule has 1 saturated heterocycles. The zero-order chi connectivity index (χ0) is 21.0. The number of carbonyl (C=O) groups is 2. The molecule has 11 heteroatoms. The molecule has 2 aliphatic rings. The number of carbonyl (C=O) groups excluding carboxylic acids is 1. The highest BCUT2D eigenvalue weighted by atomic mass is 19.4. The minimum absolute atomic E-state index is 0.0217. The van der Waals surface area contributed by atoms with Crippen LogP contribution in [-0.2, 0) is 16.1 Å². The Morgan fingerprint density at radius 2 is 2.07 bits per heavy atom. The Bertz CT molecular complexity index is 807. The van der Waals surface area contributed by atoms with Crippen molar-refractivity contribution >= 4 is 11.9 Å². The number of furan rings is 1. The highest BCUT2D eigenvalue weighted by molar-refractivity contribution is 5.91. The van der Waals surface area contributed by atoms with Gasteiger partial charge in [-0.05, 0) is 25.0 Å². The third-order valence-corrected chi connectivity index (χ3v) is 4.96. The first kappa shape index (κ1) is 20.9. The van der Waals surface area contributed by atoms with Gasteiger partial charge in [0.15, 0.2) is 5.76 Å². The summed E-state index contributed by atoms with van der Waals surface area (Å²) in [5.74, 6) is -1.94. The number of hydrogen-bond donors (Lipinski definition) is 1. The van der Waals surface area contributed by atoms with Crippen LogP contribution in [0, 0.1) is 5.92 Å². The first-order valence-corrected chi connectivity index (χ1v) is 8.99. The Kier molecular flexibility index (Phi) is 6.26. The highest BCUT2D eigenvalue weighted by Crippen LogP contribution is 2.36. The van der Waals surface area contributed by atoms with E-state index < -0.39 is 12.1 Å². The number of morpholine rings is 1. The van der Waals surface area contributed by atoms with Crippen LogP contribution in [0.25, 0.3) is 0 Å². The van der Waals surface area contributed by atoms with Crippen molar-refractivity contribution in [2.75, 3.05) is 13.2 Å². The van der Waals surface area contributed by atoms with E-state index >= 15 is 0 Å². The van der Waals surface area contributed by atoms with Gasteiger partial charge in [0.1, 0.15) is 0 Å². The van der Waals surface area contributed by atoms with Crippen molar-refractivity contribution in [2.24, 2.45) is 5.92 Å². The van der Waals surface area contributed by atoms with Crippen LogP contribution in [0.5, 0.6) is 0 Å². The van der Waals surface area contributed by atoms with Crippen LogP contribution in [0.1, 0.15) is 23.4 Å². The highest BCUT2D eigenvalue weighted by Gasteiger charge is 2.44. The molecule has 2 aromatic rings. The molecule has 1 aliphatic carbocycles. The summed E-state index contributed by atoms with van der Waals surface area (Å²) < 4.78 is 45.1. The Morgan fingerprint density at radius 1 is 1.31 bits per heavy atom. The maximum atomic E-state index is 12.6. The molecule has 2 fully saturated rings. The molecule has 2 aromatic heterocycles. The molecule has 1 amide bonds. The summed E-state index contributed by atoms with van der Waals surface area (Å²) in [7, 11) is 0. The van der Waals surface area contributed by atoms with Gasteiger partial charge in [-0.2, -0.15) is 13.2 Å². The number of carboxylic acid groups (broad SMARTS) is 1. The molecule has 0 bridgehead atoms. The number of nitrogens with zero attached hydrogens (tertiary/aromatic N) is 3. The van der Waals surface area contributed by atoms with Gasteiger partial charge >= 0.3 is 12.1 Å². The summed E-state index contributed by atoms with van der Waals surface area (Å²) in [5, 5.41) is 7.12.